The highest BCUT2D eigenvalue weighted by Gasteiger charge is 2.32. The van der Waals surface area contributed by atoms with Crippen LogP contribution >= 0.6 is 62.1 Å². The number of carbonyl (C=O) groups is 2. The van der Waals surface area contributed by atoms with Gasteiger partial charge in [-0.2, -0.15) is 13.8 Å². The van der Waals surface area contributed by atoms with Crippen LogP contribution in [0.5, 0.6) is 0 Å². The zero-order valence-electron chi connectivity index (χ0n) is 17.4. The molecular weight excluding hydrogens is 632 g/mol. The molecule has 0 fully saturated rings. The van der Waals surface area contributed by atoms with Crippen LogP contribution in [0.3, 0.4) is 0 Å². The molecule has 0 saturated carbocycles. The maximum Gasteiger partial charge on any atom is 0.339 e. The van der Waals surface area contributed by atoms with E-state index in [0.29, 0.717) is 5.56 Å². The number of nitrogens with one attached hydrogen (secondary N) is 1. The van der Waals surface area contributed by atoms with Crippen molar-refractivity contribution >= 4 is 79.8 Å². The largest absolute Gasteiger partial charge is 0.339 e. The quantitative estimate of drug-likeness (QED) is 0.122. The molecule has 0 spiro atoms. The van der Waals surface area contributed by atoms with Gasteiger partial charge in [0.1, 0.15) is 5.84 Å². The molecule has 196 valence electrons. The topological polar surface area (TPSA) is 127 Å². The lowest BCUT2D eigenvalue weighted by Gasteiger charge is -2.14. The van der Waals surface area contributed by atoms with Gasteiger partial charge in [0.15, 0.2) is 21.9 Å². The number of alkyl halides is 1. The monoisotopic (exact) mass is 638 g/mol. The van der Waals surface area contributed by atoms with Crippen molar-refractivity contribution in [1.82, 2.24) is 25.3 Å². The Morgan fingerprint density at radius 3 is 1.78 bits per heavy atom. The summed E-state index contributed by atoms with van der Waals surface area (Å²) in [6, 6.07) is 4.88. The van der Waals surface area contributed by atoms with E-state index < -0.39 is 51.2 Å². The van der Waals surface area contributed by atoms with Gasteiger partial charge in [-0.3, -0.25) is 14.2 Å². The number of aliphatic imine (C=N–C) groups is 1. The number of hydrogen-bond donors (Lipinski definition) is 1. The Balaban J connectivity index is 0.000000221. The van der Waals surface area contributed by atoms with Gasteiger partial charge < -0.3 is 5.32 Å². The molecule has 0 aromatic carbocycles. The Kier molecular flexibility index (Phi) is 11.2. The maximum absolute atomic E-state index is 13.0. The van der Waals surface area contributed by atoms with Crippen molar-refractivity contribution in [2.75, 3.05) is 0 Å². The van der Waals surface area contributed by atoms with E-state index in [1.165, 1.54) is 18.3 Å². The molecule has 0 saturated heterocycles. The molecule has 3 aromatic rings. The summed E-state index contributed by atoms with van der Waals surface area (Å²) < 4.78 is 60.9. The van der Waals surface area contributed by atoms with Gasteiger partial charge in [0.25, 0.3) is 18.0 Å². The molecular formula is C18H8Cl5F4N6O3P. The number of aromatic nitrogens is 4. The van der Waals surface area contributed by atoms with Gasteiger partial charge in [-0.25, -0.2) is 28.7 Å². The summed E-state index contributed by atoms with van der Waals surface area (Å²) in [4.78, 5) is 39.2. The first-order valence-electron chi connectivity index (χ1n) is 9.04. The van der Waals surface area contributed by atoms with Crippen LogP contribution in [0.15, 0.2) is 41.7 Å². The molecule has 19 heteroatoms. The fraction of sp³-hybridized carbons (Fsp3) is 0.0556. The molecule has 4 rings (SSSR count). The SMILES string of the molecule is Fc1cc(-c2nc(Cl)c(F)c(Cl)n2)ccn1.O=C1N=C(c2ccnc(F)c2)NC(=O)C1F.O=P(Cl)(Cl)Cl. The number of pyridine rings is 2. The predicted molar refractivity (Wildman–Crippen MR) is 129 cm³/mol. The summed E-state index contributed by atoms with van der Waals surface area (Å²) in [7, 11) is 0. The minimum atomic E-state index is -3.22. The molecule has 37 heavy (non-hydrogen) atoms. The summed E-state index contributed by atoms with van der Waals surface area (Å²) in [5.41, 5.74) is 0.470. The van der Waals surface area contributed by atoms with Crippen molar-refractivity contribution in [3.8, 4) is 11.4 Å². The second-order valence-electron chi connectivity index (χ2n) is 6.23. The van der Waals surface area contributed by atoms with E-state index in [0.717, 1.165) is 18.3 Å². The molecule has 1 unspecified atom stereocenters. The summed E-state index contributed by atoms with van der Waals surface area (Å²) in [5.74, 6) is -4.82. The Bertz CT molecular complexity index is 1380. The normalized spacial score (nSPS) is 14.9. The highest BCUT2D eigenvalue weighted by molar-refractivity contribution is 8.24. The first kappa shape index (κ1) is 30.8. The minimum absolute atomic E-state index is 0.0395. The van der Waals surface area contributed by atoms with Crippen molar-refractivity contribution in [2.45, 2.75) is 6.17 Å². The maximum atomic E-state index is 13.0. The van der Waals surface area contributed by atoms with Gasteiger partial charge in [0.2, 0.25) is 11.9 Å². The van der Waals surface area contributed by atoms with Gasteiger partial charge in [0.05, 0.1) is 0 Å². The van der Waals surface area contributed by atoms with Crippen LogP contribution in [0.2, 0.25) is 10.3 Å². The highest BCUT2D eigenvalue weighted by atomic mass is 36.0. The van der Waals surface area contributed by atoms with Crippen molar-refractivity contribution < 1.29 is 31.7 Å². The van der Waals surface area contributed by atoms with Crippen LogP contribution in [-0.2, 0) is 14.2 Å². The number of halogens is 9. The Morgan fingerprint density at radius 1 is 0.865 bits per heavy atom. The Hall–Kier alpha value is -2.41. The average molecular weight is 641 g/mol. The number of hydrogen-bond acceptors (Lipinski definition) is 7. The van der Waals surface area contributed by atoms with E-state index >= 15 is 0 Å². The third-order valence-electron chi connectivity index (χ3n) is 3.67. The van der Waals surface area contributed by atoms with Crippen LogP contribution in [0.25, 0.3) is 11.4 Å². The van der Waals surface area contributed by atoms with Gasteiger partial charge >= 0.3 is 5.20 Å². The van der Waals surface area contributed by atoms with Crippen LogP contribution in [0, 0.1) is 17.7 Å². The molecule has 0 radical (unpaired) electrons. The molecule has 4 heterocycles. The molecule has 1 N–H and O–H groups in total. The third-order valence-corrected chi connectivity index (χ3v) is 4.17. The molecule has 1 aliphatic heterocycles. The van der Waals surface area contributed by atoms with Crippen molar-refractivity contribution in [2.24, 2.45) is 4.99 Å². The molecule has 9 nitrogen and oxygen atoms in total. The van der Waals surface area contributed by atoms with E-state index in [-0.39, 0.29) is 17.2 Å². The molecule has 1 aliphatic rings. The lowest BCUT2D eigenvalue weighted by Crippen LogP contribution is -2.45. The predicted octanol–water partition coefficient (Wildman–Crippen LogP) is 5.90. The highest BCUT2D eigenvalue weighted by Crippen LogP contribution is 2.61. The van der Waals surface area contributed by atoms with Crippen molar-refractivity contribution in [1.29, 1.82) is 0 Å². The van der Waals surface area contributed by atoms with Gasteiger partial charge in [-0.1, -0.05) is 23.2 Å². The average Bonchev–Trinajstić information content (AvgIpc) is 2.80. The summed E-state index contributed by atoms with van der Waals surface area (Å²) in [6.07, 6.45) is 0.0836. The zero-order chi connectivity index (χ0) is 27.9. The molecule has 0 bridgehead atoms. The van der Waals surface area contributed by atoms with Gasteiger partial charge in [-0.05, 0) is 45.9 Å². The van der Waals surface area contributed by atoms with Crippen molar-refractivity contribution in [3.05, 3.63) is 70.2 Å². The van der Waals surface area contributed by atoms with Gasteiger partial charge in [0, 0.05) is 35.7 Å². The zero-order valence-corrected chi connectivity index (χ0v) is 22.0. The second-order valence-corrected chi connectivity index (χ2v) is 13.6. The standard InChI is InChI=1S/C9H3Cl2F2N3.C9H5F2N3O2.Cl3OP/c10-7-6(13)8(11)16-9(15-7)4-1-2-14-5(12)3-4;10-5-3-4(1-2-12-5)7-13-8(15)6(11)9(16)14-7;1-5(2,3)4/h1-3H;1-3,6H,(H,13,14,15,16);. The summed E-state index contributed by atoms with van der Waals surface area (Å²) in [5, 5.41) is -1.98. The Labute approximate surface area is 229 Å². The summed E-state index contributed by atoms with van der Waals surface area (Å²) >= 11 is 24.8. The van der Waals surface area contributed by atoms with Crippen LogP contribution < -0.4 is 5.32 Å². The second kappa shape index (κ2) is 13.4. The summed E-state index contributed by atoms with van der Waals surface area (Å²) in [6.45, 7) is 0. The third kappa shape index (κ3) is 10.1. The lowest BCUT2D eigenvalue weighted by molar-refractivity contribution is -0.134. The lowest BCUT2D eigenvalue weighted by atomic mass is 10.2. The number of nitrogens with zero attached hydrogens (tertiary/aromatic N) is 5. The van der Waals surface area contributed by atoms with E-state index in [1.807, 2.05) is 0 Å². The number of amidine groups is 1. The molecule has 0 aliphatic carbocycles. The fourth-order valence-electron chi connectivity index (χ4n) is 2.24. The molecule has 3 aromatic heterocycles. The van der Waals surface area contributed by atoms with E-state index in [4.69, 9.17) is 23.2 Å². The van der Waals surface area contributed by atoms with E-state index in [2.05, 4.69) is 64.0 Å². The molecule has 1 atom stereocenters. The minimum Gasteiger partial charge on any atom is -0.307 e. The fourth-order valence-corrected chi connectivity index (χ4v) is 2.63. The number of amides is 2. The van der Waals surface area contributed by atoms with Crippen LogP contribution in [0.4, 0.5) is 17.6 Å². The molecule has 2 amide bonds. The van der Waals surface area contributed by atoms with Crippen molar-refractivity contribution in [3.63, 3.8) is 0 Å². The first-order valence-corrected chi connectivity index (χ1v) is 14.2. The Morgan fingerprint density at radius 2 is 1.32 bits per heavy atom. The van der Waals surface area contributed by atoms with E-state index in [9.17, 15) is 31.7 Å². The van der Waals surface area contributed by atoms with Crippen LogP contribution in [0.1, 0.15) is 5.56 Å². The smallest absolute Gasteiger partial charge is 0.307 e. The van der Waals surface area contributed by atoms with Gasteiger partial charge in [-0.15, -0.1) is 0 Å². The number of carbonyl (C=O) groups excluding carboxylic acids is 2. The van der Waals surface area contributed by atoms with E-state index in [1.54, 1.807) is 0 Å². The van der Waals surface area contributed by atoms with Crippen LogP contribution in [-0.4, -0.2) is 43.8 Å². The first-order chi connectivity index (χ1) is 17.2. The number of rotatable bonds is 2.